The topological polar surface area (TPSA) is 71.1 Å². The third-order valence-corrected chi connectivity index (χ3v) is 8.07. The number of ketones is 1. The lowest BCUT2D eigenvalue weighted by Gasteiger charge is -2.31. The molecule has 1 aliphatic heterocycles. The van der Waals surface area contributed by atoms with Crippen molar-refractivity contribution in [3.8, 4) is 10.4 Å². The highest BCUT2D eigenvalue weighted by molar-refractivity contribution is 9.10. The van der Waals surface area contributed by atoms with Crippen molar-refractivity contribution < 1.29 is 14.0 Å². The minimum absolute atomic E-state index is 0.211. The van der Waals surface area contributed by atoms with E-state index in [9.17, 15) is 14.0 Å². The van der Waals surface area contributed by atoms with Crippen molar-refractivity contribution in [3.05, 3.63) is 75.1 Å². The van der Waals surface area contributed by atoms with E-state index in [1.807, 2.05) is 6.07 Å². The highest BCUT2D eigenvalue weighted by Gasteiger charge is 2.37. The molecule has 2 aromatic carbocycles. The monoisotopic (exact) mass is 541 g/mol. The minimum atomic E-state index is -0.800. The van der Waals surface area contributed by atoms with Gasteiger partial charge in [-0.1, -0.05) is 46.6 Å². The molecule has 2 aliphatic rings. The van der Waals surface area contributed by atoms with E-state index in [0.29, 0.717) is 21.9 Å². The molecule has 1 unspecified atom stereocenters. The van der Waals surface area contributed by atoms with Gasteiger partial charge < -0.3 is 10.6 Å². The number of piperidine rings is 1. The second-order valence-electron chi connectivity index (χ2n) is 8.87. The van der Waals surface area contributed by atoms with Crippen molar-refractivity contribution in [2.24, 2.45) is 0 Å². The van der Waals surface area contributed by atoms with Crippen molar-refractivity contribution in [1.29, 1.82) is 0 Å². The molecule has 2 fully saturated rings. The summed E-state index contributed by atoms with van der Waals surface area (Å²) in [5, 5.41) is 7.25. The highest BCUT2D eigenvalue weighted by Crippen LogP contribution is 2.45. The number of nitrogens with zero attached hydrogens (tertiary/aromatic N) is 1. The van der Waals surface area contributed by atoms with E-state index in [4.69, 9.17) is 4.98 Å². The normalized spacial score (nSPS) is 18.9. The second kappa shape index (κ2) is 10.1. The second-order valence-corrected chi connectivity index (χ2v) is 10.8. The van der Waals surface area contributed by atoms with Gasteiger partial charge in [0.05, 0.1) is 9.88 Å². The number of rotatable bonds is 7. The molecule has 2 N–H and O–H groups in total. The first kappa shape index (κ1) is 23.3. The van der Waals surface area contributed by atoms with Crippen LogP contribution in [0, 0.1) is 5.82 Å². The van der Waals surface area contributed by atoms with Crippen LogP contribution < -0.4 is 10.6 Å². The Kier molecular flexibility index (Phi) is 6.90. The van der Waals surface area contributed by atoms with Crippen molar-refractivity contribution in [1.82, 2.24) is 15.6 Å². The zero-order valence-electron chi connectivity index (χ0n) is 18.5. The molecule has 2 heterocycles. The van der Waals surface area contributed by atoms with Crippen molar-refractivity contribution in [3.63, 3.8) is 0 Å². The summed E-state index contributed by atoms with van der Waals surface area (Å²) in [7, 11) is 0. The summed E-state index contributed by atoms with van der Waals surface area (Å²) in [5.74, 6) is -0.645. The molecule has 5 rings (SSSR count). The maximum absolute atomic E-state index is 14.8. The number of aromatic nitrogens is 1. The van der Waals surface area contributed by atoms with Gasteiger partial charge >= 0.3 is 0 Å². The molecule has 5 nitrogen and oxygen atoms in total. The summed E-state index contributed by atoms with van der Waals surface area (Å²) in [6, 6.07) is 12.5. The summed E-state index contributed by atoms with van der Waals surface area (Å²) in [6.45, 7) is 0.783. The Morgan fingerprint density at radius 1 is 1.12 bits per heavy atom. The molecule has 2 atom stereocenters. The zero-order chi connectivity index (χ0) is 23.7. The van der Waals surface area contributed by atoms with Crippen LogP contribution in [0.3, 0.4) is 0 Å². The van der Waals surface area contributed by atoms with Gasteiger partial charge in [-0.05, 0) is 56.5 Å². The number of hydrogen-bond donors (Lipinski definition) is 2. The average Bonchev–Trinajstić information content (AvgIpc) is 3.61. The minimum Gasteiger partial charge on any atom is -0.340 e. The van der Waals surface area contributed by atoms with Crippen LogP contribution in [0.5, 0.6) is 0 Å². The van der Waals surface area contributed by atoms with Gasteiger partial charge in [0.15, 0.2) is 0 Å². The van der Waals surface area contributed by atoms with E-state index >= 15 is 0 Å². The standard InChI is InChI=1S/C26H25BrFN3O2S/c27-17-7-5-6-16(14-17)25(33)30-21(20-10-3-4-13-29-20)23(32)22-24(18-8-1-2-9-19(18)28)34-26(31-22)15-11-12-15/h1-2,5-9,14-15,20-21,29H,3-4,10-13H2,(H,30,33)/t20?,21-/m0/s1. The first-order chi connectivity index (χ1) is 16.5. The summed E-state index contributed by atoms with van der Waals surface area (Å²) in [5.41, 5.74) is 1.10. The number of Topliss-reactive ketones (excluding diaryl/α,β-unsaturated/α-hetero) is 1. The molecule has 1 saturated heterocycles. The Morgan fingerprint density at radius 3 is 2.65 bits per heavy atom. The lowest BCUT2D eigenvalue weighted by atomic mass is 9.92. The largest absolute Gasteiger partial charge is 0.340 e. The maximum atomic E-state index is 14.8. The number of nitrogens with one attached hydrogen (secondary N) is 2. The summed E-state index contributed by atoms with van der Waals surface area (Å²) >= 11 is 4.80. The SMILES string of the molecule is O=C(N[C@H](C(=O)c1nc(C2CC2)sc1-c1ccccc1F)C1CCCCN1)c1cccc(Br)c1. The molecule has 34 heavy (non-hydrogen) atoms. The number of thiazole rings is 1. The molecule has 1 amide bonds. The Labute approximate surface area is 210 Å². The molecular formula is C26H25BrFN3O2S. The number of hydrogen-bond acceptors (Lipinski definition) is 5. The van der Waals surface area contributed by atoms with Crippen LogP contribution in [0.25, 0.3) is 10.4 Å². The average molecular weight is 542 g/mol. The first-order valence-electron chi connectivity index (χ1n) is 11.6. The number of benzene rings is 2. The fourth-order valence-corrected chi connectivity index (χ4v) is 6.02. The highest BCUT2D eigenvalue weighted by atomic mass is 79.9. The lowest BCUT2D eigenvalue weighted by Crippen LogP contribution is -2.55. The van der Waals surface area contributed by atoms with Gasteiger partial charge in [0.2, 0.25) is 5.78 Å². The van der Waals surface area contributed by atoms with Crippen LogP contribution in [-0.4, -0.2) is 35.3 Å². The number of carbonyl (C=O) groups excluding carboxylic acids is 2. The van der Waals surface area contributed by atoms with Crippen LogP contribution in [0.4, 0.5) is 4.39 Å². The Hall–Kier alpha value is -2.42. The number of carbonyl (C=O) groups is 2. The molecule has 3 aromatic rings. The van der Waals surface area contributed by atoms with Crippen LogP contribution >= 0.6 is 27.3 Å². The Balaban J connectivity index is 1.52. The van der Waals surface area contributed by atoms with Gasteiger partial charge in [-0.3, -0.25) is 9.59 Å². The van der Waals surface area contributed by atoms with Crippen LogP contribution in [-0.2, 0) is 0 Å². The quantitative estimate of drug-likeness (QED) is 0.375. The number of amides is 1. The molecule has 0 spiro atoms. The Morgan fingerprint density at radius 2 is 1.94 bits per heavy atom. The smallest absolute Gasteiger partial charge is 0.251 e. The summed E-state index contributed by atoms with van der Waals surface area (Å²) < 4.78 is 15.5. The van der Waals surface area contributed by atoms with Gasteiger partial charge in [0, 0.05) is 27.6 Å². The van der Waals surface area contributed by atoms with E-state index in [-0.39, 0.29) is 29.2 Å². The maximum Gasteiger partial charge on any atom is 0.251 e. The van der Waals surface area contributed by atoms with E-state index in [1.54, 1.807) is 36.4 Å². The van der Waals surface area contributed by atoms with Gasteiger partial charge in [-0.2, -0.15) is 0 Å². The Bertz CT molecular complexity index is 1220. The van der Waals surface area contributed by atoms with E-state index in [0.717, 1.165) is 48.1 Å². The first-order valence-corrected chi connectivity index (χ1v) is 13.2. The fourth-order valence-electron chi connectivity index (χ4n) is 4.35. The van der Waals surface area contributed by atoms with Crippen molar-refractivity contribution in [2.75, 3.05) is 6.54 Å². The third-order valence-electron chi connectivity index (χ3n) is 6.33. The predicted molar refractivity (Wildman–Crippen MR) is 135 cm³/mol. The van der Waals surface area contributed by atoms with Gasteiger partial charge in [0.1, 0.15) is 17.6 Å². The summed E-state index contributed by atoms with van der Waals surface area (Å²) in [6.07, 6.45) is 4.83. The van der Waals surface area contributed by atoms with E-state index in [1.165, 1.54) is 17.4 Å². The molecule has 1 saturated carbocycles. The van der Waals surface area contributed by atoms with Crippen LogP contribution in [0.1, 0.15) is 63.9 Å². The fraction of sp³-hybridized carbons (Fsp3) is 0.346. The van der Waals surface area contributed by atoms with Gasteiger partial charge in [0.25, 0.3) is 5.91 Å². The van der Waals surface area contributed by atoms with E-state index in [2.05, 4.69) is 26.6 Å². The molecule has 1 aliphatic carbocycles. The third kappa shape index (κ3) is 4.99. The molecule has 0 bridgehead atoms. The van der Waals surface area contributed by atoms with Crippen molar-refractivity contribution >= 4 is 39.0 Å². The lowest BCUT2D eigenvalue weighted by molar-refractivity contribution is 0.0823. The summed E-state index contributed by atoms with van der Waals surface area (Å²) in [4.78, 5) is 32.4. The van der Waals surface area contributed by atoms with Crippen LogP contribution in [0.2, 0.25) is 0 Å². The molecule has 0 radical (unpaired) electrons. The molecule has 176 valence electrons. The van der Waals surface area contributed by atoms with Gasteiger partial charge in [-0.25, -0.2) is 9.37 Å². The molecular weight excluding hydrogens is 517 g/mol. The van der Waals surface area contributed by atoms with Gasteiger partial charge in [-0.15, -0.1) is 11.3 Å². The van der Waals surface area contributed by atoms with E-state index < -0.39 is 6.04 Å². The number of halogens is 2. The molecule has 1 aromatic heterocycles. The zero-order valence-corrected chi connectivity index (χ0v) is 20.9. The predicted octanol–water partition coefficient (Wildman–Crippen LogP) is 5.71. The molecule has 8 heteroatoms. The van der Waals surface area contributed by atoms with Crippen LogP contribution in [0.15, 0.2) is 53.0 Å². The van der Waals surface area contributed by atoms with Crippen molar-refractivity contribution in [2.45, 2.75) is 50.1 Å².